The molecule has 0 aromatic heterocycles. The first-order valence-corrected chi connectivity index (χ1v) is 7.31. The zero-order valence-electron chi connectivity index (χ0n) is 11.2. The van der Waals surface area contributed by atoms with Crippen LogP contribution in [-0.4, -0.2) is 36.9 Å². The average molecular weight is 342 g/mol. The van der Waals surface area contributed by atoms with Gasteiger partial charge < -0.3 is 5.32 Å². The number of hydrazine groups is 1. The van der Waals surface area contributed by atoms with E-state index in [2.05, 4.69) is 10.7 Å². The number of alkyl halides is 3. The summed E-state index contributed by atoms with van der Waals surface area (Å²) in [6, 6.07) is 4.79. The Morgan fingerprint density at radius 2 is 1.90 bits per heavy atom. The lowest BCUT2D eigenvalue weighted by Crippen LogP contribution is -2.49. The van der Waals surface area contributed by atoms with Gasteiger partial charge in [0.15, 0.2) is 0 Å². The first kappa shape index (κ1) is 16.8. The molecule has 2 N–H and O–H groups in total. The quantitative estimate of drug-likeness (QED) is 0.805. The predicted molar refractivity (Wildman–Crippen MR) is 77.3 cm³/mol. The third kappa shape index (κ3) is 6.00. The van der Waals surface area contributed by atoms with Gasteiger partial charge in [0.2, 0.25) is 0 Å². The molecular formula is C13H16Cl2F3N3. The Morgan fingerprint density at radius 3 is 2.43 bits per heavy atom. The van der Waals surface area contributed by atoms with Crippen LogP contribution in [0.5, 0.6) is 0 Å². The van der Waals surface area contributed by atoms with Crippen LogP contribution < -0.4 is 10.7 Å². The summed E-state index contributed by atoms with van der Waals surface area (Å²) in [5.74, 6) is 0. The Hall–Kier alpha value is -0.530. The zero-order valence-corrected chi connectivity index (χ0v) is 12.7. The van der Waals surface area contributed by atoms with Crippen molar-refractivity contribution in [2.75, 3.05) is 19.6 Å². The molecule has 0 aliphatic carbocycles. The van der Waals surface area contributed by atoms with E-state index in [1.54, 1.807) is 18.2 Å². The van der Waals surface area contributed by atoms with Gasteiger partial charge >= 0.3 is 6.18 Å². The van der Waals surface area contributed by atoms with Gasteiger partial charge in [-0.25, -0.2) is 5.01 Å². The monoisotopic (exact) mass is 341 g/mol. The molecule has 0 saturated carbocycles. The minimum atomic E-state index is -4.28. The summed E-state index contributed by atoms with van der Waals surface area (Å²) in [5, 5.41) is 5.09. The van der Waals surface area contributed by atoms with Crippen molar-refractivity contribution in [3.05, 3.63) is 33.8 Å². The maximum Gasteiger partial charge on any atom is 0.402 e. The van der Waals surface area contributed by atoms with E-state index in [9.17, 15) is 13.2 Å². The van der Waals surface area contributed by atoms with Gasteiger partial charge in [-0.1, -0.05) is 23.2 Å². The first-order chi connectivity index (χ1) is 9.82. The lowest BCUT2D eigenvalue weighted by Gasteiger charge is -2.27. The van der Waals surface area contributed by atoms with E-state index in [4.69, 9.17) is 23.2 Å². The molecule has 1 aromatic carbocycles. The summed E-state index contributed by atoms with van der Waals surface area (Å²) in [6.07, 6.45) is -3.48. The van der Waals surface area contributed by atoms with Crippen molar-refractivity contribution in [1.82, 2.24) is 15.8 Å². The SMILES string of the molecule is FC(F)(F)CN(Cc1cc(Cl)cc(Cl)c1)N[C@H]1CCNC1. The van der Waals surface area contributed by atoms with E-state index in [0.29, 0.717) is 22.2 Å². The standard InChI is InChI=1S/C13H16Cl2F3N3/c14-10-3-9(4-11(15)5-10)7-21(8-13(16,17)18)20-12-1-2-19-6-12/h3-5,12,19-20H,1-2,6-8H2/t12-/m0/s1. The third-order valence-electron chi connectivity index (χ3n) is 3.09. The van der Waals surface area contributed by atoms with E-state index in [1.807, 2.05) is 0 Å². The summed E-state index contributed by atoms with van der Waals surface area (Å²) in [4.78, 5) is 0. The molecule has 1 aliphatic heterocycles. The number of hydrogen-bond acceptors (Lipinski definition) is 3. The van der Waals surface area contributed by atoms with Crippen LogP contribution >= 0.6 is 23.2 Å². The van der Waals surface area contributed by atoms with Gasteiger partial charge in [-0.15, -0.1) is 0 Å². The molecule has 1 aromatic rings. The molecule has 1 saturated heterocycles. The van der Waals surface area contributed by atoms with Crippen LogP contribution in [0.3, 0.4) is 0 Å². The van der Waals surface area contributed by atoms with Crippen molar-refractivity contribution < 1.29 is 13.2 Å². The largest absolute Gasteiger partial charge is 0.402 e. The molecule has 8 heteroatoms. The van der Waals surface area contributed by atoms with Crippen molar-refractivity contribution in [1.29, 1.82) is 0 Å². The van der Waals surface area contributed by atoms with Crippen molar-refractivity contribution in [2.24, 2.45) is 0 Å². The number of nitrogens with one attached hydrogen (secondary N) is 2. The highest BCUT2D eigenvalue weighted by molar-refractivity contribution is 6.34. The second-order valence-electron chi connectivity index (χ2n) is 5.07. The van der Waals surface area contributed by atoms with E-state index < -0.39 is 12.7 Å². The van der Waals surface area contributed by atoms with Crippen LogP contribution in [0.25, 0.3) is 0 Å². The topological polar surface area (TPSA) is 27.3 Å². The molecule has 0 unspecified atom stereocenters. The Labute approximate surface area is 131 Å². The van der Waals surface area contributed by atoms with Gasteiger partial charge in [-0.2, -0.15) is 13.2 Å². The van der Waals surface area contributed by atoms with Crippen LogP contribution in [0.1, 0.15) is 12.0 Å². The van der Waals surface area contributed by atoms with Crippen molar-refractivity contribution in [3.8, 4) is 0 Å². The summed E-state index contributed by atoms with van der Waals surface area (Å²) in [5.41, 5.74) is 3.56. The van der Waals surface area contributed by atoms with Gasteiger partial charge in [-0.3, -0.25) is 5.43 Å². The Kier molecular flexibility index (Phi) is 5.73. The summed E-state index contributed by atoms with van der Waals surface area (Å²) in [7, 11) is 0. The van der Waals surface area contributed by atoms with Gasteiger partial charge in [0.25, 0.3) is 0 Å². The fourth-order valence-corrected chi connectivity index (χ4v) is 2.88. The number of rotatable bonds is 5. The molecule has 0 radical (unpaired) electrons. The number of hydrogen-bond donors (Lipinski definition) is 2. The highest BCUT2D eigenvalue weighted by atomic mass is 35.5. The number of halogens is 5. The van der Waals surface area contributed by atoms with Crippen molar-refractivity contribution in [3.63, 3.8) is 0 Å². The molecule has 0 spiro atoms. The van der Waals surface area contributed by atoms with E-state index in [0.717, 1.165) is 13.0 Å². The van der Waals surface area contributed by atoms with Crippen molar-refractivity contribution in [2.45, 2.75) is 25.2 Å². The number of benzene rings is 1. The molecule has 1 heterocycles. The average Bonchev–Trinajstić information content (AvgIpc) is 2.77. The van der Waals surface area contributed by atoms with Crippen LogP contribution in [0.4, 0.5) is 13.2 Å². The van der Waals surface area contributed by atoms with Crippen LogP contribution in [0.2, 0.25) is 10.0 Å². The Morgan fingerprint density at radius 1 is 1.24 bits per heavy atom. The lowest BCUT2D eigenvalue weighted by atomic mass is 10.2. The van der Waals surface area contributed by atoms with E-state index >= 15 is 0 Å². The molecule has 0 bridgehead atoms. The Balaban J connectivity index is 2.06. The number of nitrogens with zero attached hydrogens (tertiary/aromatic N) is 1. The third-order valence-corrected chi connectivity index (χ3v) is 3.53. The van der Waals surface area contributed by atoms with Crippen LogP contribution in [-0.2, 0) is 6.54 Å². The maximum absolute atomic E-state index is 12.7. The minimum Gasteiger partial charge on any atom is -0.315 e. The highest BCUT2D eigenvalue weighted by Crippen LogP contribution is 2.22. The molecule has 21 heavy (non-hydrogen) atoms. The Bertz CT molecular complexity index is 456. The molecule has 1 fully saturated rings. The fraction of sp³-hybridized carbons (Fsp3) is 0.538. The molecule has 1 aliphatic rings. The highest BCUT2D eigenvalue weighted by Gasteiger charge is 2.32. The van der Waals surface area contributed by atoms with Gasteiger partial charge in [0.05, 0.1) is 0 Å². The minimum absolute atomic E-state index is 0.00186. The molecule has 118 valence electrons. The predicted octanol–water partition coefficient (Wildman–Crippen LogP) is 3.22. The molecular weight excluding hydrogens is 326 g/mol. The molecule has 3 nitrogen and oxygen atoms in total. The van der Waals surface area contributed by atoms with Crippen LogP contribution in [0.15, 0.2) is 18.2 Å². The normalized spacial score (nSPS) is 19.4. The van der Waals surface area contributed by atoms with Crippen LogP contribution in [0, 0.1) is 0 Å². The molecule has 2 rings (SSSR count). The maximum atomic E-state index is 12.7. The lowest BCUT2D eigenvalue weighted by molar-refractivity contribution is -0.155. The van der Waals surface area contributed by atoms with Gasteiger partial charge in [-0.05, 0) is 36.7 Å². The first-order valence-electron chi connectivity index (χ1n) is 6.55. The second-order valence-corrected chi connectivity index (χ2v) is 5.94. The van der Waals surface area contributed by atoms with Gasteiger partial charge in [0.1, 0.15) is 6.54 Å². The van der Waals surface area contributed by atoms with E-state index in [-0.39, 0.29) is 12.6 Å². The fourth-order valence-electron chi connectivity index (χ4n) is 2.31. The zero-order chi connectivity index (χ0) is 15.5. The smallest absolute Gasteiger partial charge is 0.315 e. The second kappa shape index (κ2) is 7.15. The molecule has 1 atom stereocenters. The van der Waals surface area contributed by atoms with Crippen molar-refractivity contribution >= 4 is 23.2 Å². The summed E-state index contributed by atoms with van der Waals surface area (Å²) >= 11 is 11.8. The molecule has 0 amide bonds. The summed E-state index contributed by atoms with van der Waals surface area (Å²) in [6.45, 7) is 0.509. The summed E-state index contributed by atoms with van der Waals surface area (Å²) < 4.78 is 38.1. The van der Waals surface area contributed by atoms with E-state index in [1.165, 1.54) is 5.01 Å². The van der Waals surface area contributed by atoms with Gasteiger partial charge in [0, 0.05) is 29.2 Å².